The molecule has 4 heteroatoms. The fourth-order valence-corrected chi connectivity index (χ4v) is 2.42. The first kappa shape index (κ1) is 13.5. The van der Waals surface area contributed by atoms with Gasteiger partial charge >= 0.3 is 5.97 Å². The Morgan fingerprint density at radius 1 is 1.50 bits per heavy atom. The Bertz CT molecular complexity index is 249. The normalized spacial score (nSPS) is 20.1. The van der Waals surface area contributed by atoms with Crippen molar-refractivity contribution in [1.29, 1.82) is 0 Å². The molecular formula is C12H24N2O2. The maximum absolute atomic E-state index is 11.3. The van der Waals surface area contributed by atoms with Gasteiger partial charge in [0.2, 0.25) is 0 Å². The van der Waals surface area contributed by atoms with E-state index in [1.165, 1.54) is 0 Å². The van der Waals surface area contributed by atoms with Crippen molar-refractivity contribution >= 4 is 5.97 Å². The Morgan fingerprint density at radius 2 is 2.00 bits per heavy atom. The lowest BCUT2D eigenvalue weighted by molar-refractivity contribution is -0.145. The van der Waals surface area contributed by atoms with Crippen molar-refractivity contribution in [1.82, 2.24) is 4.90 Å². The molecule has 0 aromatic rings. The van der Waals surface area contributed by atoms with Crippen molar-refractivity contribution < 1.29 is 9.90 Å². The van der Waals surface area contributed by atoms with Crippen molar-refractivity contribution in [2.24, 2.45) is 11.7 Å². The third kappa shape index (κ3) is 2.74. The highest BCUT2D eigenvalue weighted by molar-refractivity contribution is 5.79. The van der Waals surface area contributed by atoms with E-state index >= 15 is 0 Å². The second-order valence-electron chi connectivity index (χ2n) is 5.01. The van der Waals surface area contributed by atoms with Crippen LogP contribution in [0.4, 0.5) is 0 Å². The van der Waals surface area contributed by atoms with E-state index in [0.29, 0.717) is 12.6 Å². The topological polar surface area (TPSA) is 66.6 Å². The summed E-state index contributed by atoms with van der Waals surface area (Å²) in [5.41, 5.74) is 5.01. The summed E-state index contributed by atoms with van der Waals surface area (Å²) in [6.45, 7) is 4.71. The Labute approximate surface area is 97.8 Å². The SMILES string of the molecule is CCC(CC)N(C)CC(N)(C(=O)O)C1CC1. The van der Waals surface area contributed by atoms with Crippen molar-refractivity contribution in [3.05, 3.63) is 0 Å². The van der Waals surface area contributed by atoms with Gasteiger partial charge in [0.1, 0.15) is 5.54 Å². The number of hydrogen-bond acceptors (Lipinski definition) is 3. The van der Waals surface area contributed by atoms with Gasteiger partial charge in [0.15, 0.2) is 0 Å². The number of nitrogens with two attached hydrogens (primary N) is 1. The lowest BCUT2D eigenvalue weighted by atomic mass is 9.93. The second-order valence-corrected chi connectivity index (χ2v) is 5.01. The van der Waals surface area contributed by atoms with Crippen LogP contribution in [0.2, 0.25) is 0 Å². The zero-order valence-corrected chi connectivity index (χ0v) is 10.6. The molecule has 1 unspecified atom stereocenters. The minimum Gasteiger partial charge on any atom is -0.480 e. The smallest absolute Gasteiger partial charge is 0.325 e. The lowest BCUT2D eigenvalue weighted by Crippen LogP contribution is -2.58. The minimum atomic E-state index is -1.04. The van der Waals surface area contributed by atoms with Crippen molar-refractivity contribution in [2.75, 3.05) is 13.6 Å². The van der Waals surface area contributed by atoms with E-state index in [4.69, 9.17) is 5.73 Å². The molecule has 1 saturated carbocycles. The van der Waals surface area contributed by atoms with Crippen LogP contribution < -0.4 is 5.73 Å². The van der Waals surface area contributed by atoms with Gasteiger partial charge in [0.25, 0.3) is 0 Å². The molecule has 0 aromatic heterocycles. The summed E-state index contributed by atoms with van der Waals surface area (Å²) in [5.74, 6) is -0.686. The van der Waals surface area contributed by atoms with Gasteiger partial charge in [-0.1, -0.05) is 13.8 Å². The van der Waals surface area contributed by atoms with E-state index in [1.807, 2.05) is 7.05 Å². The summed E-state index contributed by atoms with van der Waals surface area (Å²) in [4.78, 5) is 13.4. The summed E-state index contributed by atoms with van der Waals surface area (Å²) in [7, 11) is 1.98. The molecule has 0 spiro atoms. The summed E-state index contributed by atoms with van der Waals surface area (Å²) in [5, 5.41) is 9.27. The number of carbonyl (C=O) groups is 1. The van der Waals surface area contributed by atoms with Gasteiger partial charge in [-0.05, 0) is 38.6 Å². The van der Waals surface area contributed by atoms with Crippen LogP contribution in [0.5, 0.6) is 0 Å². The highest BCUT2D eigenvalue weighted by Gasteiger charge is 2.49. The molecule has 0 aromatic carbocycles. The molecule has 1 rings (SSSR count). The van der Waals surface area contributed by atoms with Crippen molar-refractivity contribution in [3.63, 3.8) is 0 Å². The quantitative estimate of drug-likeness (QED) is 0.689. The standard InChI is InChI=1S/C12H24N2O2/c1-4-10(5-2)14(3)8-12(13,11(15)16)9-6-7-9/h9-10H,4-8,13H2,1-3H3,(H,15,16). The highest BCUT2D eigenvalue weighted by Crippen LogP contribution is 2.39. The monoisotopic (exact) mass is 228 g/mol. The van der Waals surface area contributed by atoms with Crippen LogP contribution in [0.15, 0.2) is 0 Å². The van der Waals surface area contributed by atoms with Crippen LogP contribution in [0, 0.1) is 5.92 Å². The molecule has 0 aliphatic heterocycles. The average Bonchev–Trinajstić information content (AvgIpc) is 3.02. The molecule has 1 aliphatic rings. The molecule has 16 heavy (non-hydrogen) atoms. The van der Waals surface area contributed by atoms with Crippen LogP contribution in [0.1, 0.15) is 39.5 Å². The van der Waals surface area contributed by atoms with Crippen LogP contribution in [-0.4, -0.2) is 41.1 Å². The maximum atomic E-state index is 11.3. The highest BCUT2D eigenvalue weighted by atomic mass is 16.4. The van der Waals surface area contributed by atoms with Gasteiger partial charge in [-0.2, -0.15) is 0 Å². The number of rotatable bonds is 7. The van der Waals surface area contributed by atoms with E-state index in [9.17, 15) is 9.90 Å². The molecule has 1 atom stereocenters. The zero-order chi connectivity index (χ0) is 12.3. The van der Waals surface area contributed by atoms with Gasteiger partial charge in [0.05, 0.1) is 0 Å². The third-order valence-corrected chi connectivity index (χ3v) is 3.78. The van der Waals surface area contributed by atoms with Crippen molar-refractivity contribution in [3.8, 4) is 0 Å². The number of carboxylic acids is 1. The number of hydrogen-bond donors (Lipinski definition) is 2. The average molecular weight is 228 g/mol. The van der Waals surface area contributed by atoms with Gasteiger partial charge < -0.3 is 15.7 Å². The first-order valence-electron chi connectivity index (χ1n) is 6.18. The first-order valence-corrected chi connectivity index (χ1v) is 6.18. The van der Waals surface area contributed by atoms with Gasteiger partial charge in [0, 0.05) is 12.6 Å². The fraction of sp³-hybridized carbons (Fsp3) is 0.917. The predicted molar refractivity (Wildman–Crippen MR) is 64.3 cm³/mol. The van der Waals surface area contributed by atoms with Gasteiger partial charge in [-0.25, -0.2) is 0 Å². The molecule has 94 valence electrons. The Morgan fingerprint density at radius 3 is 2.31 bits per heavy atom. The Balaban J connectivity index is 2.64. The van der Waals surface area contributed by atoms with E-state index in [2.05, 4.69) is 18.7 Å². The molecular weight excluding hydrogens is 204 g/mol. The number of carboxylic acid groups (broad SMARTS) is 1. The molecule has 3 N–H and O–H groups in total. The molecule has 1 fully saturated rings. The summed E-state index contributed by atoms with van der Waals surface area (Å²) < 4.78 is 0. The van der Waals surface area contributed by atoms with Crippen LogP contribution in [0.25, 0.3) is 0 Å². The Kier molecular flexibility index (Phi) is 4.33. The number of likely N-dealkylation sites (N-methyl/N-ethyl adjacent to an activating group) is 1. The summed E-state index contributed by atoms with van der Waals surface area (Å²) in [6.07, 6.45) is 3.99. The lowest BCUT2D eigenvalue weighted by Gasteiger charge is -2.34. The van der Waals surface area contributed by atoms with Crippen molar-refractivity contribution in [2.45, 2.75) is 51.1 Å². The number of nitrogens with zero attached hydrogens (tertiary/aromatic N) is 1. The van der Waals surface area contributed by atoms with Crippen LogP contribution >= 0.6 is 0 Å². The van der Waals surface area contributed by atoms with Crippen LogP contribution in [0.3, 0.4) is 0 Å². The molecule has 0 amide bonds. The summed E-state index contributed by atoms with van der Waals surface area (Å²) in [6, 6.07) is 0.432. The van der Waals surface area contributed by atoms with E-state index in [-0.39, 0.29) is 5.92 Å². The van der Waals surface area contributed by atoms with Gasteiger partial charge in [-0.3, -0.25) is 4.79 Å². The van der Waals surface area contributed by atoms with E-state index in [0.717, 1.165) is 25.7 Å². The summed E-state index contributed by atoms with van der Waals surface area (Å²) >= 11 is 0. The zero-order valence-electron chi connectivity index (χ0n) is 10.6. The second kappa shape index (κ2) is 5.15. The molecule has 0 heterocycles. The maximum Gasteiger partial charge on any atom is 0.325 e. The van der Waals surface area contributed by atoms with E-state index in [1.54, 1.807) is 0 Å². The van der Waals surface area contributed by atoms with Crippen LogP contribution in [-0.2, 0) is 4.79 Å². The molecule has 4 nitrogen and oxygen atoms in total. The molecule has 1 aliphatic carbocycles. The predicted octanol–water partition coefficient (Wildman–Crippen LogP) is 1.30. The first-order chi connectivity index (χ1) is 7.45. The van der Waals surface area contributed by atoms with Gasteiger partial charge in [-0.15, -0.1) is 0 Å². The fourth-order valence-electron chi connectivity index (χ4n) is 2.42. The third-order valence-electron chi connectivity index (χ3n) is 3.78. The largest absolute Gasteiger partial charge is 0.480 e. The molecule has 0 bridgehead atoms. The Hall–Kier alpha value is -0.610. The number of aliphatic carboxylic acids is 1. The van der Waals surface area contributed by atoms with E-state index < -0.39 is 11.5 Å². The molecule has 0 saturated heterocycles. The minimum absolute atomic E-state index is 0.168. The molecule has 0 radical (unpaired) electrons.